The first kappa shape index (κ1) is 13.0. The van der Waals surface area contributed by atoms with Gasteiger partial charge in [-0.05, 0) is 40.9 Å². The second-order valence-electron chi connectivity index (χ2n) is 4.16. The smallest absolute Gasteiger partial charge is 0.255 e. The predicted octanol–water partition coefficient (Wildman–Crippen LogP) is 1.68. The lowest BCUT2D eigenvalue weighted by molar-refractivity contribution is -0.121. The molecule has 2 amide bonds. The number of likely N-dealkylation sites (tertiary alicyclic amines) is 1. The van der Waals surface area contributed by atoms with Crippen LogP contribution < -0.4 is 5.73 Å². The first-order valence-electron chi connectivity index (χ1n) is 5.56. The van der Waals surface area contributed by atoms with Crippen molar-refractivity contribution >= 4 is 27.7 Å². The van der Waals surface area contributed by atoms with E-state index >= 15 is 0 Å². The number of halogens is 2. The Morgan fingerprint density at radius 2 is 2.17 bits per heavy atom. The van der Waals surface area contributed by atoms with Crippen LogP contribution in [0.3, 0.4) is 0 Å². The largest absolute Gasteiger partial charge is 0.368 e. The van der Waals surface area contributed by atoms with Crippen LogP contribution in [0.5, 0.6) is 0 Å². The Morgan fingerprint density at radius 1 is 1.44 bits per heavy atom. The quantitative estimate of drug-likeness (QED) is 0.902. The molecule has 0 saturated carbocycles. The molecule has 1 aromatic carbocycles. The van der Waals surface area contributed by atoms with E-state index in [1.165, 1.54) is 23.1 Å². The Balaban J connectivity index is 2.31. The van der Waals surface area contributed by atoms with E-state index in [-0.39, 0.29) is 15.9 Å². The molecule has 1 aliphatic heterocycles. The third-order valence-corrected chi connectivity index (χ3v) is 3.83. The van der Waals surface area contributed by atoms with E-state index in [9.17, 15) is 14.0 Å². The molecule has 1 atom stereocenters. The van der Waals surface area contributed by atoms with Crippen molar-refractivity contribution in [3.8, 4) is 0 Å². The number of primary amides is 1. The summed E-state index contributed by atoms with van der Waals surface area (Å²) >= 11 is 3.05. The average molecular weight is 315 g/mol. The van der Waals surface area contributed by atoms with Gasteiger partial charge in [0, 0.05) is 6.54 Å². The maximum absolute atomic E-state index is 13.4. The fourth-order valence-electron chi connectivity index (χ4n) is 2.13. The van der Waals surface area contributed by atoms with E-state index in [4.69, 9.17) is 5.73 Å². The van der Waals surface area contributed by atoms with Gasteiger partial charge < -0.3 is 10.6 Å². The molecular weight excluding hydrogens is 303 g/mol. The van der Waals surface area contributed by atoms with Crippen LogP contribution >= 0.6 is 15.9 Å². The first-order valence-corrected chi connectivity index (χ1v) is 6.36. The second-order valence-corrected chi connectivity index (χ2v) is 4.95. The lowest BCUT2D eigenvalue weighted by Gasteiger charge is -2.22. The zero-order valence-electron chi connectivity index (χ0n) is 9.53. The molecule has 1 heterocycles. The topological polar surface area (TPSA) is 63.4 Å². The van der Waals surface area contributed by atoms with Gasteiger partial charge in [-0.2, -0.15) is 0 Å². The Bertz CT molecular complexity index is 507. The van der Waals surface area contributed by atoms with Crippen LogP contribution in [0.1, 0.15) is 23.2 Å². The van der Waals surface area contributed by atoms with Gasteiger partial charge in [0.1, 0.15) is 11.9 Å². The van der Waals surface area contributed by atoms with Gasteiger partial charge in [-0.15, -0.1) is 0 Å². The summed E-state index contributed by atoms with van der Waals surface area (Å²) < 4.78 is 13.5. The Morgan fingerprint density at radius 3 is 2.83 bits per heavy atom. The summed E-state index contributed by atoms with van der Waals surface area (Å²) in [5, 5.41) is 0. The molecule has 96 valence electrons. The van der Waals surface area contributed by atoms with Gasteiger partial charge in [-0.25, -0.2) is 4.39 Å². The summed E-state index contributed by atoms with van der Waals surface area (Å²) in [4.78, 5) is 24.9. The Labute approximate surface area is 112 Å². The number of carbonyl (C=O) groups excluding carboxylic acids is 2. The highest BCUT2D eigenvalue weighted by Crippen LogP contribution is 2.25. The van der Waals surface area contributed by atoms with Crippen molar-refractivity contribution in [1.82, 2.24) is 4.90 Å². The van der Waals surface area contributed by atoms with Crippen molar-refractivity contribution in [1.29, 1.82) is 0 Å². The van der Waals surface area contributed by atoms with E-state index in [2.05, 4.69) is 15.9 Å². The van der Waals surface area contributed by atoms with Crippen molar-refractivity contribution < 1.29 is 14.0 Å². The Kier molecular flexibility index (Phi) is 3.65. The molecule has 6 heteroatoms. The van der Waals surface area contributed by atoms with Gasteiger partial charge in [0.05, 0.1) is 10.0 Å². The highest BCUT2D eigenvalue weighted by molar-refractivity contribution is 9.10. The molecule has 0 bridgehead atoms. The summed E-state index contributed by atoms with van der Waals surface area (Å²) in [6, 6.07) is 3.65. The van der Waals surface area contributed by atoms with E-state index in [0.717, 1.165) is 6.42 Å². The summed E-state index contributed by atoms with van der Waals surface area (Å²) in [6.07, 6.45) is 1.29. The van der Waals surface area contributed by atoms with Crippen molar-refractivity contribution in [3.63, 3.8) is 0 Å². The van der Waals surface area contributed by atoms with Gasteiger partial charge in [-0.1, -0.05) is 6.07 Å². The third-order valence-electron chi connectivity index (χ3n) is 3.02. The summed E-state index contributed by atoms with van der Waals surface area (Å²) in [5.74, 6) is -1.40. The molecule has 18 heavy (non-hydrogen) atoms. The van der Waals surface area contributed by atoms with E-state index in [1.54, 1.807) is 0 Å². The summed E-state index contributed by atoms with van der Waals surface area (Å²) in [6.45, 7) is 0.468. The monoisotopic (exact) mass is 314 g/mol. The predicted molar refractivity (Wildman–Crippen MR) is 67.4 cm³/mol. The van der Waals surface area contributed by atoms with Crippen LogP contribution in [0, 0.1) is 5.82 Å². The fraction of sp³-hybridized carbons (Fsp3) is 0.333. The van der Waals surface area contributed by atoms with Crippen LogP contribution in [-0.4, -0.2) is 29.3 Å². The molecular formula is C12H12BrFN2O2. The average Bonchev–Trinajstić information content (AvgIpc) is 2.81. The van der Waals surface area contributed by atoms with Crippen molar-refractivity contribution in [3.05, 3.63) is 34.1 Å². The van der Waals surface area contributed by atoms with Crippen molar-refractivity contribution in [2.45, 2.75) is 18.9 Å². The van der Waals surface area contributed by atoms with Crippen LogP contribution in [0.4, 0.5) is 4.39 Å². The molecule has 1 unspecified atom stereocenters. The zero-order chi connectivity index (χ0) is 13.3. The van der Waals surface area contributed by atoms with Crippen LogP contribution in [-0.2, 0) is 4.79 Å². The van der Waals surface area contributed by atoms with E-state index < -0.39 is 17.8 Å². The molecule has 1 aromatic rings. The lowest BCUT2D eigenvalue weighted by Crippen LogP contribution is -2.43. The highest BCUT2D eigenvalue weighted by Gasteiger charge is 2.34. The fourth-order valence-corrected chi connectivity index (χ4v) is 2.56. The molecule has 2 rings (SSSR count). The van der Waals surface area contributed by atoms with Crippen LogP contribution in [0.2, 0.25) is 0 Å². The number of amides is 2. The van der Waals surface area contributed by atoms with Gasteiger partial charge >= 0.3 is 0 Å². The van der Waals surface area contributed by atoms with Gasteiger partial charge in [0.25, 0.3) is 5.91 Å². The minimum absolute atomic E-state index is 0.116. The van der Waals surface area contributed by atoms with E-state index in [1.807, 2.05) is 0 Å². The molecule has 0 radical (unpaired) electrons. The number of rotatable bonds is 2. The molecule has 0 spiro atoms. The van der Waals surface area contributed by atoms with Crippen LogP contribution in [0.25, 0.3) is 0 Å². The second kappa shape index (κ2) is 5.06. The number of hydrogen-bond donors (Lipinski definition) is 1. The summed E-state index contributed by atoms with van der Waals surface area (Å²) in [5.41, 5.74) is 5.46. The lowest BCUT2D eigenvalue weighted by atomic mass is 10.1. The number of hydrogen-bond acceptors (Lipinski definition) is 2. The minimum Gasteiger partial charge on any atom is -0.368 e. The van der Waals surface area contributed by atoms with Crippen LogP contribution in [0.15, 0.2) is 22.7 Å². The maximum atomic E-state index is 13.4. The zero-order valence-corrected chi connectivity index (χ0v) is 11.1. The molecule has 4 nitrogen and oxygen atoms in total. The Hall–Kier alpha value is -1.43. The minimum atomic E-state index is -0.590. The molecule has 0 aliphatic carbocycles. The third kappa shape index (κ3) is 2.25. The van der Waals surface area contributed by atoms with E-state index in [0.29, 0.717) is 13.0 Å². The maximum Gasteiger partial charge on any atom is 0.255 e. The molecule has 2 N–H and O–H groups in total. The molecule has 1 aliphatic rings. The standard InChI is InChI=1S/C12H12BrFN2O2/c13-10-7(3-1-4-8(10)14)12(18)16-6-2-5-9(16)11(15)17/h1,3-4,9H,2,5-6H2,(H2,15,17). The van der Waals surface area contributed by atoms with Gasteiger partial charge in [0.15, 0.2) is 0 Å². The first-order chi connectivity index (χ1) is 8.52. The SMILES string of the molecule is NC(=O)C1CCCN1C(=O)c1cccc(F)c1Br. The number of carbonyl (C=O) groups is 2. The normalized spacial score (nSPS) is 19.0. The number of benzene rings is 1. The molecule has 0 aromatic heterocycles. The highest BCUT2D eigenvalue weighted by atomic mass is 79.9. The number of nitrogens with two attached hydrogens (primary N) is 1. The molecule has 1 saturated heterocycles. The van der Waals surface area contributed by atoms with Gasteiger partial charge in [-0.3, -0.25) is 9.59 Å². The van der Waals surface area contributed by atoms with Crippen molar-refractivity contribution in [2.75, 3.05) is 6.54 Å². The summed E-state index contributed by atoms with van der Waals surface area (Å²) in [7, 11) is 0. The van der Waals surface area contributed by atoms with Gasteiger partial charge in [0.2, 0.25) is 5.91 Å². The number of nitrogens with zero attached hydrogens (tertiary/aromatic N) is 1. The van der Waals surface area contributed by atoms with Crippen molar-refractivity contribution in [2.24, 2.45) is 5.73 Å². The molecule has 1 fully saturated rings.